The van der Waals surface area contributed by atoms with Crippen molar-refractivity contribution in [1.29, 1.82) is 0 Å². The van der Waals surface area contributed by atoms with Gasteiger partial charge in [0.25, 0.3) is 0 Å². The number of amides is 1. The van der Waals surface area contributed by atoms with Crippen LogP contribution in [0.5, 0.6) is 0 Å². The Bertz CT molecular complexity index is 575. The number of carbonyl (C=O) groups is 1. The number of rotatable bonds is 7. The minimum Gasteiger partial charge on any atom is -0.325 e. The van der Waals surface area contributed by atoms with Gasteiger partial charge in [-0.25, -0.2) is 13.1 Å². The van der Waals surface area contributed by atoms with Gasteiger partial charge in [0.05, 0.1) is 10.6 Å². The van der Waals surface area contributed by atoms with Crippen molar-refractivity contribution in [1.82, 2.24) is 10.0 Å². The van der Waals surface area contributed by atoms with E-state index in [9.17, 15) is 13.2 Å². The Morgan fingerprint density at radius 3 is 2.55 bits per heavy atom. The Balaban J connectivity index is 2.80. The quantitative estimate of drug-likeness (QED) is 0.637. The molecule has 20 heavy (non-hydrogen) atoms. The molecule has 0 atom stereocenters. The molecule has 0 fully saturated rings. The average Bonchev–Trinajstić information content (AvgIpc) is 2.36. The molecule has 0 aliphatic heterocycles. The van der Waals surface area contributed by atoms with E-state index in [-0.39, 0.29) is 10.8 Å². The Morgan fingerprint density at radius 2 is 2.00 bits per heavy atom. The van der Waals surface area contributed by atoms with Crippen molar-refractivity contribution >= 4 is 37.5 Å². The summed E-state index contributed by atoms with van der Waals surface area (Å²) >= 11 is 3.24. The second-order valence-electron chi connectivity index (χ2n) is 4.07. The summed E-state index contributed by atoms with van der Waals surface area (Å²) in [5, 5.41) is 5.63. The van der Waals surface area contributed by atoms with E-state index in [0.717, 1.165) is 6.54 Å². The molecular formula is C12H18BrN3O3S. The summed E-state index contributed by atoms with van der Waals surface area (Å²) in [5.74, 6) is -0.218. The first kappa shape index (κ1) is 17.1. The summed E-state index contributed by atoms with van der Waals surface area (Å²) in [6.07, 6.45) is 0. The molecule has 0 bridgehead atoms. The van der Waals surface area contributed by atoms with E-state index in [1.165, 1.54) is 19.1 Å². The van der Waals surface area contributed by atoms with E-state index < -0.39 is 10.0 Å². The minimum atomic E-state index is -3.54. The van der Waals surface area contributed by atoms with Gasteiger partial charge in [0.1, 0.15) is 0 Å². The van der Waals surface area contributed by atoms with E-state index in [2.05, 4.69) is 31.3 Å². The number of hydrogen-bond acceptors (Lipinski definition) is 4. The maximum Gasteiger partial charge on any atom is 0.240 e. The number of halogens is 1. The van der Waals surface area contributed by atoms with Crippen LogP contribution in [0.1, 0.15) is 13.8 Å². The summed E-state index contributed by atoms with van der Waals surface area (Å²) < 4.78 is 27.1. The van der Waals surface area contributed by atoms with Gasteiger partial charge >= 0.3 is 0 Å². The zero-order valence-electron chi connectivity index (χ0n) is 11.4. The molecule has 1 rings (SSSR count). The predicted molar refractivity (Wildman–Crippen MR) is 82.2 cm³/mol. The third-order valence-corrected chi connectivity index (χ3v) is 4.52. The van der Waals surface area contributed by atoms with E-state index in [1.54, 1.807) is 6.07 Å². The highest BCUT2D eigenvalue weighted by molar-refractivity contribution is 9.10. The smallest absolute Gasteiger partial charge is 0.240 e. The summed E-state index contributed by atoms with van der Waals surface area (Å²) in [5.41, 5.74) is 0.532. The van der Waals surface area contributed by atoms with Gasteiger partial charge < -0.3 is 10.6 Å². The molecule has 1 aromatic carbocycles. The zero-order chi connectivity index (χ0) is 15.2. The number of benzene rings is 1. The summed E-state index contributed by atoms with van der Waals surface area (Å²) in [4.78, 5) is 11.1. The first-order chi connectivity index (χ1) is 9.36. The van der Waals surface area contributed by atoms with Crippen LogP contribution < -0.4 is 15.4 Å². The Morgan fingerprint density at radius 1 is 1.30 bits per heavy atom. The molecule has 0 unspecified atom stereocenters. The van der Waals surface area contributed by atoms with Crippen LogP contribution in [0.4, 0.5) is 5.69 Å². The Kier molecular flexibility index (Phi) is 6.60. The van der Waals surface area contributed by atoms with Crippen molar-refractivity contribution in [2.45, 2.75) is 18.7 Å². The summed E-state index contributed by atoms with van der Waals surface area (Å²) in [7, 11) is -3.54. The summed E-state index contributed by atoms with van der Waals surface area (Å²) in [6.45, 7) is 5.02. The molecule has 112 valence electrons. The second kappa shape index (κ2) is 7.72. The lowest BCUT2D eigenvalue weighted by atomic mass is 10.3. The third-order valence-electron chi connectivity index (χ3n) is 2.41. The largest absolute Gasteiger partial charge is 0.325 e. The van der Waals surface area contributed by atoms with Gasteiger partial charge in [-0.3, -0.25) is 4.79 Å². The third kappa shape index (κ3) is 5.20. The van der Waals surface area contributed by atoms with Crippen LogP contribution in [0.15, 0.2) is 27.6 Å². The number of anilines is 1. The van der Waals surface area contributed by atoms with Gasteiger partial charge in [-0.1, -0.05) is 6.92 Å². The molecule has 0 radical (unpaired) electrons. The molecule has 0 saturated heterocycles. The lowest BCUT2D eigenvalue weighted by molar-refractivity contribution is -0.114. The highest BCUT2D eigenvalue weighted by Gasteiger charge is 2.15. The van der Waals surface area contributed by atoms with Crippen molar-refractivity contribution in [3.63, 3.8) is 0 Å². The number of carbonyl (C=O) groups excluding carboxylic acids is 1. The molecule has 1 amide bonds. The van der Waals surface area contributed by atoms with Gasteiger partial charge in [0.2, 0.25) is 15.9 Å². The van der Waals surface area contributed by atoms with E-state index in [4.69, 9.17) is 0 Å². The van der Waals surface area contributed by atoms with Gasteiger partial charge in [-0.15, -0.1) is 0 Å². The maximum absolute atomic E-state index is 12.0. The second-order valence-corrected chi connectivity index (χ2v) is 6.70. The topological polar surface area (TPSA) is 87.3 Å². The van der Waals surface area contributed by atoms with E-state index >= 15 is 0 Å². The van der Waals surface area contributed by atoms with Crippen LogP contribution in [0.3, 0.4) is 0 Å². The van der Waals surface area contributed by atoms with Crippen LogP contribution >= 0.6 is 15.9 Å². The molecule has 3 N–H and O–H groups in total. The van der Waals surface area contributed by atoms with Crippen molar-refractivity contribution < 1.29 is 13.2 Å². The molecule has 0 aliphatic carbocycles. The highest BCUT2D eigenvalue weighted by Crippen LogP contribution is 2.25. The van der Waals surface area contributed by atoms with Gasteiger partial charge in [-0.05, 0) is 40.7 Å². The number of nitrogens with one attached hydrogen (secondary N) is 3. The van der Waals surface area contributed by atoms with Crippen LogP contribution in [0.25, 0.3) is 0 Å². The Hall–Kier alpha value is -0.960. The molecule has 0 aliphatic rings. The van der Waals surface area contributed by atoms with Gasteiger partial charge in [-0.2, -0.15) is 0 Å². The molecule has 1 aromatic rings. The van der Waals surface area contributed by atoms with Crippen LogP contribution in [0.2, 0.25) is 0 Å². The fourth-order valence-electron chi connectivity index (χ4n) is 1.49. The maximum atomic E-state index is 12.0. The normalized spacial score (nSPS) is 11.3. The first-order valence-corrected chi connectivity index (χ1v) is 8.42. The number of sulfonamides is 1. The lowest BCUT2D eigenvalue weighted by Gasteiger charge is -2.10. The standard InChI is InChI=1S/C12H18BrN3O3S/c1-3-14-6-7-15-20(18,19)10-4-5-12(11(13)8-10)16-9(2)17/h4-5,8,14-15H,3,6-7H2,1-2H3,(H,16,17). The van der Waals surface area contributed by atoms with Crippen LogP contribution in [-0.2, 0) is 14.8 Å². The number of hydrogen-bond donors (Lipinski definition) is 3. The molecule has 0 spiro atoms. The van der Waals surface area contributed by atoms with Crippen molar-refractivity contribution in [3.8, 4) is 0 Å². The SMILES string of the molecule is CCNCCNS(=O)(=O)c1ccc(NC(C)=O)c(Br)c1. The zero-order valence-corrected chi connectivity index (χ0v) is 13.8. The van der Waals surface area contributed by atoms with E-state index in [1.807, 2.05) is 6.92 Å². The van der Waals surface area contributed by atoms with Gasteiger partial charge in [0, 0.05) is 24.5 Å². The molecule has 6 nitrogen and oxygen atoms in total. The first-order valence-electron chi connectivity index (χ1n) is 6.14. The average molecular weight is 364 g/mol. The van der Waals surface area contributed by atoms with Crippen LogP contribution in [-0.4, -0.2) is 34.0 Å². The van der Waals surface area contributed by atoms with Gasteiger partial charge in [0.15, 0.2) is 0 Å². The molecule has 0 heterocycles. The monoisotopic (exact) mass is 363 g/mol. The van der Waals surface area contributed by atoms with Crippen molar-refractivity contribution in [2.75, 3.05) is 25.0 Å². The molecule has 0 aromatic heterocycles. The molecule has 0 saturated carbocycles. The minimum absolute atomic E-state index is 0.148. The fraction of sp³-hybridized carbons (Fsp3) is 0.417. The molecule has 8 heteroatoms. The lowest BCUT2D eigenvalue weighted by Crippen LogP contribution is -2.31. The van der Waals surface area contributed by atoms with E-state index in [0.29, 0.717) is 23.2 Å². The predicted octanol–water partition coefficient (Wildman–Crippen LogP) is 1.30. The summed E-state index contributed by atoms with van der Waals surface area (Å²) in [6, 6.07) is 4.46. The molecular weight excluding hydrogens is 346 g/mol. The fourth-order valence-corrected chi connectivity index (χ4v) is 3.18. The number of likely N-dealkylation sites (N-methyl/N-ethyl adjacent to an activating group) is 1. The van der Waals surface area contributed by atoms with Crippen LogP contribution in [0, 0.1) is 0 Å². The Labute approximate surface area is 127 Å². The van der Waals surface area contributed by atoms with Crippen molar-refractivity contribution in [2.24, 2.45) is 0 Å². The highest BCUT2D eigenvalue weighted by atomic mass is 79.9. The van der Waals surface area contributed by atoms with Crippen molar-refractivity contribution in [3.05, 3.63) is 22.7 Å².